The van der Waals surface area contributed by atoms with Crippen molar-refractivity contribution in [3.63, 3.8) is 0 Å². The highest BCUT2D eigenvalue weighted by Crippen LogP contribution is 2.22. The van der Waals surface area contributed by atoms with E-state index in [9.17, 15) is 4.79 Å². The molecule has 0 heterocycles. The van der Waals surface area contributed by atoms with Crippen LogP contribution in [-0.2, 0) is 11.2 Å². The number of ether oxygens (including phenoxy) is 1. The Morgan fingerprint density at radius 3 is 2.56 bits per heavy atom. The number of anilines is 1. The first-order valence-corrected chi connectivity index (χ1v) is 6.14. The molecule has 0 saturated heterocycles. The summed E-state index contributed by atoms with van der Waals surface area (Å²) in [5.74, 6) is 0.401. The number of nitrogens with one attached hydrogen (secondary N) is 1. The maximum absolute atomic E-state index is 11.6. The fourth-order valence-electron chi connectivity index (χ4n) is 1.55. The summed E-state index contributed by atoms with van der Waals surface area (Å²) in [5, 5.41) is 2.83. The average Bonchev–Trinajstić information content (AvgIpc) is 2.25. The summed E-state index contributed by atoms with van der Waals surface area (Å²) in [6, 6.07) is 5.63. The van der Waals surface area contributed by atoms with Crippen LogP contribution in [0.3, 0.4) is 0 Å². The molecule has 1 rings (SSSR count). The third-order valence-corrected chi connectivity index (χ3v) is 2.36. The molecule has 1 aromatic rings. The standard InChI is InChI=1S/C14H22N2O2/c1-5-10-6-7-12(11(15)8-10)18-9-13(17)16-14(2,3)4/h6-8H,5,9,15H2,1-4H3,(H,16,17). The number of nitrogens with two attached hydrogens (primary N) is 1. The molecule has 1 aromatic carbocycles. The number of hydrogen-bond donors (Lipinski definition) is 2. The van der Waals surface area contributed by atoms with Gasteiger partial charge in [0.15, 0.2) is 6.61 Å². The molecule has 100 valence electrons. The molecule has 3 N–H and O–H groups in total. The molecular formula is C14H22N2O2. The molecule has 1 amide bonds. The minimum atomic E-state index is -0.252. The van der Waals surface area contributed by atoms with E-state index >= 15 is 0 Å². The first-order chi connectivity index (χ1) is 8.31. The number of aryl methyl sites for hydroxylation is 1. The molecule has 0 spiro atoms. The van der Waals surface area contributed by atoms with Crippen LogP contribution in [0.2, 0.25) is 0 Å². The van der Waals surface area contributed by atoms with Crippen molar-refractivity contribution < 1.29 is 9.53 Å². The first-order valence-electron chi connectivity index (χ1n) is 6.14. The van der Waals surface area contributed by atoms with E-state index < -0.39 is 0 Å². The van der Waals surface area contributed by atoms with Gasteiger partial charge in [-0.15, -0.1) is 0 Å². The highest BCUT2D eigenvalue weighted by atomic mass is 16.5. The van der Waals surface area contributed by atoms with Crippen molar-refractivity contribution in [1.82, 2.24) is 5.32 Å². The van der Waals surface area contributed by atoms with Crippen LogP contribution in [0.5, 0.6) is 5.75 Å². The van der Waals surface area contributed by atoms with Crippen LogP contribution in [0.15, 0.2) is 18.2 Å². The Labute approximate surface area is 109 Å². The molecule has 0 atom stereocenters. The topological polar surface area (TPSA) is 64.3 Å². The van der Waals surface area contributed by atoms with Crippen molar-refractivity contribution >= 4 is 11.6 Å². The van der Waals surface area contributed by atoms with E-state index in [1.165, 1.54) is 0 Å². The maximum Gasteiger partial charge on any atom is 0.258 e. The van der Waals surface area contributed by atoms with E-state index in [0.717, 1.165) is 12.0 Å². The SMILES string of the molecule is CCc1ccc(OCC(=O)NC(C)(C)C)c(N)c1. The van der Waals surface area contributed by atoms with Crippen molar-refractivity contribution in [3.8, 4) is 5.75 Å². The smallest absolute Gasteiger partial charge is 0.258 e. The number of hydrogen-bond acceptors (Lipinski definition) is 3. The lowest BCUT2D eigenvalue weighted by molar-refractivity contribution is -0.124. The van der Waals surface area contributed by atoms with Gasteiger partial charge in [-0.2, -0.15) is 0 Å². The number of rotatable bonds is 4. The van der Waals surface area contributed by atoms with Crippen molar-refractivity contribution in [1.29, 1.82) is 0 Å². The highest BCUT2D eigenvalue weighted by Gasteiger charge is 2.14. The molecule has 0 bridgehead atoms. The average molecular weight is 250 g/mol. The normalized spacial score (nSPS) is 11.1. The Kier molecular flexibility index (Phi) is 4.59. The van der Waals surface area contributed by atoms with Gasteiger partial charge < -0.3 is 15.8 Å². The molecule has 4 nitrogen and oxygen atoms in total. The van der Waals surface area contributed by atoms with Crippen LogP contribution in [0, 0.1) is 0 Å². The van der Waals surface area contributed by atoms with Crippen molar-refractivity contribution in [2.75, 3.05) is 12.3 Å². The summed E-state index contributed by atoms with van der Waals surface area (Å²) in [4.78, 5) is 11.6. The van der Waals surface area contributed by atoms with E-state index in [1.54, 1.807) is 6.07 Å². The second kappa shape index (κ2) is 5.76. The van der Waals surface area contributed by atoms with Gasteiger partial charge in [-0.3, -0.25) is 4.79 Å². The summed E-state index contributed by atoms with van der Waals surface area (Å²) in [5.41, 5.74) is 7.32. The van der Waals surface area contributed by atoms with Gasteiger partial charge in [0.2, 0.25) is 0 Å². The lowest BCUT2D eigenvalue weighted by atomic mass is 10.1. The van der Waals surface area contributed by atoms with Crippen LogP contribution >= 0.6 is 0 Å². The van der Waals surface area contributed by atoms with E-state index in [1.807, 2.05) is 32.9 Å². The zero-order valence-electron chi connectivity index (χ0n) is 11.5. The summed E-state index contributed by atoms with van der Waals surface area (Å²) in [6.45, 7) is 7.82. The van der Waals surface area contributed by atoms with Crippen LogP contribution in [0.4, 0.5) is 5.69 Å². The molecule has 0 aromatic heterocycles. The maximum atomic E-state index is 11.6. The van der Waals surface area contributed by atoms with Crippen LogP contribution in [0.25, 0.3) is 0 Å². The Morgan fingerprint density at radius 1 is 1.39 bits per heavy atom. The minimum Gasteiger partial charge on any atom is -0.482 e. The summed E-state index contributed by atoms with van der Waals surface area (Å²) < 4.78 is 5.41. The molecule has 0 aliphatic carbocycles. The van der Waals surface area contributed by atoms with Crippen LogP contribution < -0.4 is 15.8 Å². The number of amides is 1. The van der Waals surface area contributed by atoms with Gasteiger partial charge in [-0.05, 0) is 44.9 Å². The zero-order chi connectivity index (χ0) is 13.8. The van der Waals surface area contributed by atoms with E-state index in [2.05, 4.69) is 12.2 Å². The largest absolute Gasteiger partial charge is 0.482 e. The minimum absolute atomic E-state index is 0.0209. The molecule has 0 radical (unpaired) electrons. The quantitative estimate of drug-likeness (QED) is 0.805. The third kappa shape index (κ3) is 4.65. The molecule has 0 unspecified atom stereocenters. The summed E-state index contributed by atoms with van der Waals surface area (Å²) in [6.07, 6.45) is 0.926. The Balaban J connectivity index is 2.56. The molecule has 18 heavy (non-hydrogen) atoms. The zero-order valence-corrected chi connectivity index (χ0v) is 11.5. The van der Waals surface area contributed by atoms with Gasteiger partial charge in [-0.1, -0.05) is 13.0 Å². The van der Waals surface area contributed by atoms with Gasteiger partial charge in [0.25, 0.3) is 5.91 Å². The molecule has 0 saturated carbocycles. The second-order valence-electron chi connectivity index (χ2n) is 5.31. The van der Waals surface area contributed by atoms with Gasteiger partial charge in [0.1, 0.15) is 5.75 Å². The van der Waals surface area contributed by atoms with E-state index in [4.69, 9.17) is 10.5 Å². The van der Waals surface area contributed by atoms with E-state index in [-0.39, 0.29) is 18.1 Å². The highest BCUT2D eigenvalue weighted by molar-refractivity contribution is 5.78. The van der Waals surface area contributed by atoms with E-state index in [0.29, 0.717) is 11.4 Å². The monoisotopic (exact) mass is 250 g/mol. The van der Waals surface area contributed by atoms with Crippen LogP contribution in [0.1, 0.15) is 33.3 Å². The van der Waals surface area contributed by atoms with Crippen LogP contribution in [-0.4, -0.2) is 18.1 Å². The molecule has 0 aliphatic heterocycles. The molecule has 4 heteroatoms. The second-order valence-corrected chi connectivity index (χ2v) is 5.31. The predicted octanol–water partition coefficient (Wildman–Crippen LogP) is 2.12. The van der Waals surface area contributed by atoms with Crippen molar-refractivity contribution in [3.05, 3.63) is 23.8 Å². The van der Waals surface area contributed by atoms with Crippen molar-refractivity contribution in [2.24, 2.45) is 0 Å². The van der Waals surface area contributed by atoms with Crippen molar-refractivity contribution in [2.45, 2.75) is 39.7 Å². The van der Waals surface area contributed by atoms with Gasteiger partial charge in [0, 0.05) is 5.54 Å². The Hall–Kier alpha value is -1.71. The fourth-order valence-corrected chi connectivity index (χ4v) is 1.55. The summed E-state index contributed by atoms with van der Waals surface area (Å²) in [7, 11) is 0. The third-order valence-electron chi connectivity index (χ3n) is 2.36. The summed E-state index contributed by atoms with van der Waals surface area (Å²) >= 11 is 0. The Bertz CT molecular complexity index is 422. The fraction of sp³-hybridized carbons (Fsp3) is 0.500. The number of carbonyl (C=O) groups excluding carboxylic acids is 1. The lowest BCUT2D eigenvalue weighted by Gasteiger charge is -2.20. The number of carbonyl (C=O) groups is 1. The molecule has 0 aliphatic rings. The number of benzene rings is 1. The first kappa shape index (κ1) is 14.4. The Morgan fingerprint density at radius 2 is 2.06 bits per heavy atom. The van der Waals surface area contributed by atoms with Gasteiger partial charge in [0.05, 0.1) is 5.69 Å². The predicted molar refractivity (Wildman–Crippen MR) is 73.6 cm³/mol. The molecular weight excluding hydrogens is 228 g/mol. The molecule has 0 fully saturated rings. The van der Waals surface area contributed by atoms with Gasteiger partial charge in [-0.25, -0.2) is 0 Å². The van der Waals surface area contributed by atoms with Gasteiger partial charge >= 0.3 is 0 Å². The lowest BCUT2D eigenvalue weighted by Crippen LogP contribution is -2.43. The number of nitrogen functional groups attached to an aromatic ring is 1.